The van der Waals surface area contributed by atoms with E-state index in [-0.39, 0.29) is 36.5 Å². The summed E-state index contributed by atoms with van der Waals surface area (Å²) in [6.45, 7) is 7.99. The minimum atomic E-state index is -0.929. The highest BCUT2D eigenvalue weighted by Gasteiger charge is 2.44. The van der Waals surface area contributed by atoms with Crippen LogP contribution in [0.25, 0.3) is 0 Å². The summed E-state index contributed by atoms with van der Waals surface area (Å²) >= 11 is 0. The summed E-state index contributed by atoms with van der Waals surface area (Å²) in [6.07, 6.45) is 0.110. The van der Waals surface area contributed by atoms with Crippen LogP contribution in [0.4, 0.5) is 5.69 Å². The third kappa shape index (κ3) is 4.07. The van der Waals surface area contributed by atoms with Crippen molar-refractivity contribution in [3.8, 4) is 11.5 Å². The summed E-state index contributed by atoms with van der Waals surface area (Å²) in [5, 5.41) is 25.9. The van der Waals surface area contributed by atoms with Crippen molar-refractivity contribution in [3.05, 3.63) is 53.6 Å². The Balaban J connectivity index is 1.44. The highest BCUT2D eigenvalue weighted by molar-refractivity contribution is 5.99. The molecule has 2 aromatic rings. The molecule has 8 heteroatoms. The number of hydrogen-bond acceptors (Lipinski definition) is 6. The first kappa shape index (κ1) is 22.5. The first-order valence-electron chi connectivity index (χ1n) is 11.7. The number of ether oxygens (including phenoxy) is 2. The number of nitrogens with one attached hydrogen (secondary N) is 3. The third-order valence-corrected chi connectivity index (χ3v) is 6.66. The van der Waals surface area contributed by atoms with Crippen LogP contribution in [0.5, 0.6) is 11.5 Å². The minimum absolute atomic E-state index is 0.00129. The smallest absolute Gasteiger partial charge is 0.232 e. The van der Waals surface area contributed by atoms with Crippen molar-refractivity contribution >= 4 is 17.6 Å². The molecule has 0 bridgehead atoms. The Morgan fingerprint density at radius 3 is 2.65 bits per heavy atom. The van der Waals surface area contributed by atoms with E-state index in [0.29, 0.717) is 11.3 Å². The Hall–Kier alpha value is -3.26. The van der Waals surface area contributed by atoms with Crippen LogP contribution in [-0.2, 0) is 4.79 Å². The van der Waals surface area contributed by atoms with Crippen molar-refractivity contribution in [3.63, 3.8) is 0 Å². The maximum absolute atomic E-state index is 13.0. The van der Waals surface area contributed by atoms with Crippen LogP contribution in [0.15, 0.2) is 42.5 Å². The van der Waals surface area contributed by atoms with Gasteiger partial charge in [0.15, 0.2) is 5.96 Å². The Morgan fingerprint density at radius 2 is 1.88 bits per heavy atom. The van der Waals surface area contributed by atoms with Gasteiger partial charge < -0.3 is 25.2 Å². The van der Waals surface area contributed by atoms with Crippen LogP contribution < -0.4 is 20.1 Å². The number of amides is 1. The van der Waals surface area contributed by atoms with E-state index in [1.54, 1.807) is 0 Å². The van der Waals surface area contributed by atoms with Crippen LogP contribution in [0, 0.1) is 5.41 Å². The number of benzene rings is 2. The molecule has 2 unspecified atom stereocenters. The standard InChI is InChI=1S/C26H32N4O4/c1-25(2)13-22(32)30(24(27)29-25)23-17-10-9-15(11-21(17)33-14-19(23)31)28-18-12-26(3,4)34-20-8-6-5-7-16(18)20/h5-11,18-19,23,28,31H,12-14H2,1-4H3,(H2,27,29)/t18-,19?,23?/m0/s1. The predicted molar refractivity (Wildman–Crippen MR) is 129 cm³/mol. The largest absolute Gasteiger partial charge is 0.490 e. The van der Waals surface area contributed by atoms with E-state index in [1.807, 2.05) is 50.2 Å². The van der Waals surface area contributed by atoms with Crippen molar-refractivity contribution in [2.24, 2.45) is 0 Å². The molecular weight excluding hydrogens is 432 g/mol. The SMILES string of the molecule is CC1(C)CC(=O)N(C2c3ccc(N[C@H]4CC(C)(C)Oc5ccccc54)cc3OCC2O)C(=N)N1. The van der Waals surface area contributed by atoms with Gasteiger partial charge in [0.25, 0.3) is 0 Å². The van der Waals surface area contributed by atoms with E-state index in [2.05, 4.69) is 30.5 Å². The molecule has 3 aliphatic rings. The van der Waals surface area contributed by atoms with Crippen LogP contribution in [0.1, 0.15) is 63.7 Å². The van der Waals surface area contributed by atoms with Crippen LogP contribution in [0.3, 0.4) is 0 Å². The molecule has 1 amide bonds. The van der Waals surface area contributed by atoms with Crippen LogP contribution >= 0.6 is 0 Å². The maximum Gasteiger partial charge on any atom is 0.232 e. The second-order valence-corrected chi connectivity index (χ2v) is 10.7. The highest BCUT2D eigenvalue weighted by atomic mass is 16.5. The molecule has 4 N–H and O–H groups in total. The van der Waals surface area contributed by atoms with Gasteiger partial charge in [0, 0.05) is 41.3 Å². The number of guanidine groups is 1. The number of aliphatic hydroxyl groups is 1. The lowest BCUT2D eigenvalue weighted by Gasteiger charge is -2.44. The number of carbonyl (C=O) groups is 1. The van der Waals surface area contributed by atoms with Gasteiger partial charge in [0.05, 0.1) is 12.1 Å². The molecule has 0 saturated carbocycles. The molecule has 0 aliphatic carbocycles. The number of para-hydroxylation sites is 1. The number of rotatable bonds is 3. The van der Waals surface area contributed by atoms with Crippen molar-refractivity contribution in [1.82, 2.24) is 10.2 Å². The van der Waals surface area contributed by atoms with Gasteiger partial charge in [-0.1, -0.05) is 24.3 Å². The Bertz CT molecular complexity index is 1130. The van der Waals surface area contributed by atoms with Crippen molar-refractivity contribution in [2.45, 2.75) is 69.9 Å². The molecule has 3 atom stereocenters. The van der Waals surface area contributed by atoms with Gasteiger partial charge in [-0.15, -0.1) is 0 Å². The predicted octanol–water partition coefficient (Wildman–Crippen LogP) is 3.73. The van der Waals surface area contributed by atoms with Gasteiger partial charge in [-0.2, -0.15) is 0 Å². The monoisotopic (exact) mass is 464 g/mol. The zero-order valence-electron chi connectivity index (χ0n) is 20.0. The molecule has 8 nitrogen and oxygen atoms in total. The van der Waals surface area contributed by atoms with E-state index in [9.17, 15) is 9.90 Å². The highest BCUT2D eigenvalue weighted by Crippen LogP contribution is 2.43. The zero-order chi connectivity index (χ0) is 24.3. The minimum Gasteiger partial charge on any atom is -0.490 e. The van der Waals surface area contributed by atoms with E-state index >= 15 is 0 Å². The second-order valence-electron chi connectivity index (χ2n) is 10.7. The molecule has 0 spiro atoms. The Morgan fingerprint density at radius 1 is 1.12 bits per heavy atom. The van der Waals surface area contributed by atoms with E-state index in [1.165, 1.54) is 4.90 Å². The summed E-state index contributed by atoms with van der Waals surface area (Å²) in [4.78, 5) is 14.3. The molecule has 180 valence electrons. The molecule has 1 fully saturated rings. The van der Waals surface area contributed by atoms with Crippen molar-refractivity contribution in [1.29, 1.82) is 5.41 Å². The van der Waals surface area contributed by atoms with Gasteiger partial charge in [0.2, 0.25) is 5.91 Å². The molecular formula is C26H32N4O4. The second kappa shape index (κ2) is 7.91. The summed E-state index contributed by atoms with van der Waals surface area (Å²) in [6, 6.07) is 13.2. The molecule has 2 aromatic carbocycles. The molecule has 0 radical (unpaired) electrons. The van der Waals surface area contributed by atoms with Gasteiger partial charge >= 0.3 is 0 Å². The molecule has 0 aromatic heterocycles. The van der Waals surface area contributed by atoms with E-state index in [4.69, 9.17) is 14.9 Å². The number of anilines is 1. The topological polar surface area (TPSA) is 107 Å². The summed E-state index contributed by atoms with van der Waals surface area (Å²) in [5.41, 5.74) is 1.88. The molecule has 34 heavy (non-hydrogen) atoms. The lowest BCUT2D eigenvalue weighted by Crippen LogP contribution is -2.62. The average molecular weight is 465 g/mol. The van der Waals surface area contributed by atoms with Crippen molar-refractivity contribution < 1.29 is 19.4 Å². The fourth-order valence-electron chi connectivity index (χ4n) is 5.22. The van der Waals surface area contributed by atoms with E-state index in [0.717, 1.165) is 23.4 Å². The van der Waals surface area contributed by atoms with Gasteiger partial charge in [-0.25, -0.2) is 0 Å². The van der Waals surface area contributed by atoms with Gasteiger partial charge in [-0.3, -0.25) is 15.1 Å². The summed E-state index contributed by atoms with van der Waals surface area (Å²) < 4.78 is 12.0. The molecule has 5 rings (SSSR count). The van der Waals surface area contributed by atoms with Crippen molar-refractivity contribution in [2.75, 3.05) is 11.9 Å². The number of carbonyl (C=O) groups excluding carboxylic acids is 1. The lowest BCUT2D eigenvalue weighted by atomic mass is 9.89. The maximum atomic E-state index is 13.0. The van der Waals surface area contributed by atoms with Gasteiger partial charge in [0.1, 0.15) is 29.8 Å². The number of fused-ring (bicyclic) bond motifs is 2. The first-order valence-corrected chi connectivity index (χ1v) is 11.7. The fraction of sp³-hybridized carbons (Fsp3) is 0.462. The molecule has 3 aliphatic heterocycles. The molecule has 3 heterocycles. The first-order chi connectivity index (χ1) is 16.0. The quantitative estimate of drug-likeness (QED) is 0.552. The summed E-state index contributed by atoms with van der Waals surface area (Å²) in [5.74, 6) is 1.30. The Kier molecular flexibility index (Phi) is 5.24. The number of hydrogen-bond donors (Lipinski definition) is 4. The summed E-state index contributed by atoms with van der Waals surface area (Å²) in [7, 11) is 0. The Labute approximate surface area is 199 Å². The number of aliphatic hydroxyl groups excluding tert-OH is 1. The van der Waals surface area contributed by atoms with E-state index < -0.39 is 17.7 Å². The third-order valence-electron chi connectivity index (χ3n) is 6.66. The van der Waals surface area contributed by atoms with Gasteiger partial charge in [-0.05, 0) is 39.8 Å². The normalized spacial score (nSPS) is 27.0. The molecule has 1 saturated heterocycles. The zero-order valence-corrected chi connectivity index (χ0v) is 20.0. The lowest BCUT2D eigenvalue weighted by molar-refractivity contribution is -0.135. The van der Waals surface area contributed by atoms with Crippen LogP contribution in [0.2, 0.25) is 0 Å². The number of nitrogens with zero attached hydrogens (tertiary/aromatic N) is 1. The average Bonchev–Trinajstić information content (AvgIpc) is 2.73. The fourth-order valence-corrected chi connectivity index (χ4v) is 5.22. The van der Waals surface area contributed by atoms with Crippen LogP contribution in [-0.4, -0.2) is 45.7 Å².